The molecule has 2 bridgehead atoms. The second kappa shape index (κ2) is 4.55. The van der Waals surface area contributed by atoms with E-state index in [9.17, 15) is 0 Å². The Labute approximate surface area is 132 Å². The Kier molecular flexibility index (Phi) is 2.70. The number of piperidine rings is 1. The molecule has 0 spiro atoms. The van der Waals surface area contributed by atoms with Crippen LogP contribution in [0.3, 0.4) is 0 Å². The first-order valence-electron chi connectivity index (χ1n) is 8.86. The molecular weight excluding hydrogens is 268 g/mol. The first-order chi connectivity index (χ1) is 10.8. The van der Waals surface area contributed by atoms with Crippen molar-refractivity contribution in [2.24, 2.45) is 5.92 Å². The van der Waals surface area contributed by atoms with Crippen molar-refractivity contribution in [1.82, 2.24) is 9.88 Å². The molecule has 114 valence electrons. The summed E-state index contributed by atoms with van der Waals surface area (Å²) in [4.78, 5) is 7.28. The van der Waals surface area contributed by atoms with Gasteiger partial charge in [0.1, 0.15) is 0 Å². The molecule has 2 fully saturated rings. The Morgan fingerprint density at radius 2 is 2.18 bits per heavy atom. The Bertz CT molecular complexity index is 738. The van der Waals surface area contributed by atoms with E-state index in [0.717, 1.165) is 12.0 Å². The van der Waals surface area contributed by atoms with Gasteiger partial charge in [0, 0.05) is 23.0 Å². The van der Waals surface area contributed by atoms with Gasteiger partial charge in [0.25, 0.3) is 0 Å². The fourth-order valence-electron chi connectivity index (χ4n) is 5.78. The highest BCUT2D eigenvalue weighted by Gasteiger charge is 2.53. The number of rotatable bonds is 0. The molecule has 1 aromatic heterocycles. The third-order valence-electron chi connectivity index (χ3n) is 6.83. The zero-order valence-corrected chi connectivity index (χ0v) is 13.4. The number of nitrogens with zero attached hydrogens (tertiary/aromatic N) is 2. The molecule has 3 atom stereocenters. The topological polar surface area (TPSA) is 16.1 Å². The lowest BCUT2D eigenvalue weighted by Gasteiger charge is -2.58. The SMILES string of the molecule is CN1CC[C@]23CCCC[C@H]2[C@H]1Cc1cc2cccnc2cc13. The van der Waals surface area contributed by atoms with Crippen LogP contribution in [-0.2, 0) is 11.8 Å². The van der Waals surface area contributed by atoms with Crippen molar-refractivity contribution < 1.29 is 0 Å². The minimum atomic E-state index is 0.453. The molecule has 0 radical (unpaired) electrons. The molecule has 0 amide bonds. The molecule has 5 rings (SSSR count). The van der Waals surface area contributed by atoms with Crippen molar-refractivity contribution in [2.45, 2.75) is 50.0 Å². The fraction of sp³-hybridized carbons (Fsp3) is 0.550. The maximum absolute atomic E-state index is 4.63. The molecule has 1 saturated heterocycles. The van der Waals surface area contributed by atoms with Crippen molar-refractivity contribution >= 4 is 10.9 Å². The molecule has 1 saturated carbocycles. The highest BCUT2D eigenvalue weighted by molar-refractivity contribution is 5.81. The van der Waals surface area contributed by atoms with Crippen molar-refractivity contribution in [3.63, 3.8) is 0 Å². The van der Waals surface area contributed by atoms with E-state index in [2.05, 4.69) is 41.2 Å². The molecule has 22 heavy (non-hydrogen) atoms. The van der Waals surface area contributed by atoms with Gasteiger partial charge in [-0.1, -0.05) is 18.9 Å². The van der Waals surface area contributed by atoms with Gasteiger partial charge in [-0.15, -0.1) is 0 Å². The van der Waals surface area contributed by atoms with E-state index in [1.54, 1.807) is 11.1 Å². The normalized spacial score (nSPS) is 34.2. The second-order valence-electron chi connectivity index (χ2n) is 7.72. The Morgan fingerprint density at radius 3 is 3.14 bits per heavy atom. The molecule has 1 aromatic carbocycles. The zero-order valence-electron chi connectivity index (χ0n) is 13.4. The summed E-state index contributed by atoms with van der Waals surface area (Å²) in [5.41, 5.74) is 4.91. The number of hydrogen-bond acceptors (Lipinski definition) is 2. The molecule has 0 N–H and O–H groups in total. The first kappa shape index (κ1) is 13.1. The molecule has 2 heterocycles. The molecule has 1 aliphatic heterocycles. The first-order valence-corrected chi connectivity index (χ1v) is 8.86. The number of pyridine rings is 1. The van der Waals surface area contributed by atoms with Gasteiger partial charge < -0.3 is 4.90 Å². The monoisotopic (exact) mass is 292 g/mol. The molecule has 0 unspecified atom stereocenters. The maximum atomic E-state index is 4.63. The number of fused-ring (bicyclic) bond motifs is 2. The molecule has 2 nitrogen and oxygen atoms in total. The van der Waals surface area contributed by atoms with Crippen LogP contribution in [0.2, 0.25) is 0 Å². The average molecular weight is 292 g/mol. The van der Waals surface area contributed by atoms with E-state index in [0.29, 0.717) is 5.41 Å². The summed E-state index contributed by atoms with van der Waals surface area (Å²) in [6, 6.07) is 9.93. The van der Waals surface area contributed by atoms with Crippen LogP contribution in [0.5, 0.6) is 0 Å². The maximum Gasteiger partial charge on any atom is 0.0705 e. The van der Waals surface area contributed by atoms with Crippen LogP contribution in [-0.4, -0.2) is 29.5 Å². The van der Waals surface area contributed by atoms with E-state index < -0.39 is 0 Å². The average Bonchev–Trinajstić information content (AvgIpc) is 2.57. The summed E-state index contributed by atoms with van der Waals surface area (Å²) in [5.74, 6) is 0.869. The highest BCUT2D eigenvalue weighted by Crippen LogP contribution is 2.55. The molecule has 2 heteroatoms. The van der Waals surface area contributed by atoms with Crippen LogP contribution in [0.1, 0.15) is 43.2 Å². The summed E-state index contributed by atoms with van der Waals surface area (Å²) in [6.45, 7) is 1.26. The molecule has 2 aliphatic carbocycles. The van der Waals surface area contributed by atoms with Crippen molar-refractivity contribution in [2.75, 3.05) is 13.6 Å². The van der Waals surface area contributed by atoms with Crippen molar-refractivity contribution in [3.05, 3.63) is 41.6 Å². The van der Waals surface area contributed by atoms with Gasteiger partial charge in [0.2, 0.25) is 0 Å². The van der Waals surface area contributed by atoms with Gasteiger partial charge in [0.15, 0.2) is 0 Å². The summed E-state index contributed by atoms with van der Waals surface area (Å²) >= 11 is 0. The van der Waals surface area contributed by atoms with Crippen LogP contribution in [0.25, 0.3) is 10.9 Å². The van der Waals surface area contributed by atoms with Gasteiger partial charge in [-0.2, -0.15) is 0 Å². The summed E-state index contributed by atoms with van der Waals surface area (Å²) in [5, 5.41) is 1.31. The number of hydrogen-bond donors (Lipinski definition) is 0. The largest absolute Gasteiger partial charge is 0.303 e. The minimum absolute atomic E-state index is 0.453. The van der Waals surface area contributed by atoms with E-state index in [1.807, 2.05) is 6.20 Å². The molecule has 3 aliphatic rings. The quantitative estimate of drug-likeness (QED) is 0.731. The number of aromatic nitrogens is 1. The van der Waals surface area contributed by atoms with E-state index in [1.165, 1.54) is 56.0 Å². The third-order valence-corrected chi connectivity index (χ3v) is 6.83. The smallest absolute Gasteiger partial charge is 0.0705 e. The minimum Gasteiger partial charge on any atom is -0.303 e. The van der Waals surface area contributed by atoms with E-state index in [-0.39, 0.29) is 0 Å². The standard InChI is InChI=1S/C20H24N2/c1-22-10-8-20-7-3-2-6-16(20)19(22)12-15-11-14-5-4-9-21-18(14)13-17(15)20/h4-5,9,11,13,16,19H,2-3,6-8,10,12H2,1H3/t16-,19+,20+/m0/s1. The zero-order chi connectivity index (χ0) is 14.7. The third kappa shape index (κ3) is 1.62. The Hall–Kier alpha value is -1.41. The lowest BCUT2D eigenvalue weighted by molar-refractivity contribution is 0.00298. The van der Waals surface area contributed by atoms with Crippen LogP contribution in [0.15, 0.2) is 30.5 Å². The van der Waals surface area contributed by atoms with Crippen LogP contribution >= 0.6 is 0 Å². The van der Waals surface area contributed by atoms with Gasteiger partial charge in [-0.25, -0.2) is 0 Å². The van der Waals surface area contributed by atoms with Gasteiger partial charge in [-0.05, 0) is 74.5 Å². The predicted molar refractivity (Wildman–Crippen MR) is 90.1 cm³/mol. The van der Waals surface area contributed by atoms with E-state index in [4.69, 9.17) is 0 Å². The number of benzene rings is 1. The number of likely N-dealkylation sites (tertiary alicyclic amines) is 1. The van der Waals surface area contributed by atoms with Crippen LogP contribution < -0.4 is 0 Å². The van der Waals surface area contributed by atoms with Gasteiger partial charge >= 0.3 is 0 Å². The highest BCUT2D eigenvalue weighted by atomic mass is 15.1. The Morgan fingerprint density at radius 1 is 1.23 bits per heavy atom. The van der Waals surface area contributed by atoms with Gasteiger partial charge in [-0.3, -0.25) is 4.98 Å². The Balaban J connectivity index is 1.76. The molecular formula is C20H24N2. The summed E-state index contributed by atoms with van der Waals surface area (Å²) < 4.78 is 0. The lowest BCUT2D eigenvalue weighted by atomic mass is 9.52. The van der Waals surface area contributed by atoms with Crippen LogP contribution in [0.4, 0.5) is 0 Å². The number of likely N-dealkylation sites (N-methyl/N-ethyl adjacent to an activating group) is 1. The predicted octanol–water partition coefficient (Wildman–Crippen LogP) is 3.92. The van der Waals surface area contributed by atoms with Crippen molar-refractivity contribution in [1.29, 1.82) is 0 Å². The van der Waals surface area contributed by atoms with E-state index >= 15 is 0 Å². The molecule has 2 aromatic rings. The van der Waals surface area contributed by atoms with Crippen molar-refractivity contribution in [3.8, 4) is 0 Å². The lowest BCUT2D eigenvalue weighted by Crippen LogP contribution is -2.59. The summed E-state index contributed by atoms with van der Waals surface area (Å²) in [6.07, 6.45) is 10.2. The summed E-state index contributed by atoms with van der Waals surface area (Å²) in [7, 11) is 2.34. The second-order valence-corrected chi connectivity index (χ2v) is 7.72. The van der Waals surface area contributed by atoms with Gasteiger partial charge in [0.05, 0.1) is 5.52 Å². The fourth-order valence-corrected chi connectivity index (χ4v) is 5.78. The van der Waals surface area contributed by atoms with Crippen LogP contribution in [0, 0.1) is 5.92 Å².